The molecule has 0 bridgehead atoms. The summed E-state index contributed by atoms with van der Waals surface area (Å²) in [7, 11) is 0. The zero-order valence-corrected chi connectivity index (χ0v) is 19.5. The van der Waals surface area contributed by atoms with Crippen LogP contribution in [0, 0.1) is 13.8 Å². The van der Waals surface area contributed by atoms with Crippen molar-refractivity contribution >= 4 is 22.4 Å². The standard InChI is InChI=1S/C28H30N2O2/c1-6-25(31)19-11-9-10-12-20(19)28-21-13-17(4)23(29-7-2)15-26(21)32-27-16-24(30-8-3)18(5)14-22(27)28/h9-16,29H,6-8H2,1-5H3/b30-24+. The quantitative estimate of drug-likeness (QED) is 0.273. The van der Waals surface area contributed by atoms with Crippen molar-refractivity contribution in [2.75, 3.05) is 18.4 Å². The van der Waals surface area contributed by atoms with E-state index >= 15 is 0 Å². The molecule has 0 fully saturated rings. The van der Waals surface area contributed by atoms with E-state index in [1.165, 1.54) is 0 Å². The van der Waals surface area contributed by atoms with Gasteiger partial charge in [0, 0.05) is 59.4 Å². The van der Waals surface area contributed by atoms with Crippen molar-refractivity contribution in [2.45, 2.75) is 41.0 Å². The van der Waals surface area contributed by atoms with Crippen LogP contribution < -0.4 is 10.7 Å². The van der Waals surface area contributed by atoms with Gasteiger partial charge in [-0.25, -0.2) is 0 Å². The molecule has 4 nitrogen and oxygen atoms in total. The van der Waals surface area contributed by atoms with Gasteiger partial charge in [-0.15, -0.1) is 0 Å². The fraction of sp³-hybridized carbons (Fsp3) is 0.286. The molecule has 0 aromatic heterocycles. The molecule has 164 valence electrons. The van der Waals surface area contributed by atoms with Crippen LogP contribution in [0.1, 0.15) is 48.7 Å². The van der Waals surface area contributed by atoms with Gasteiger partial charge in [0.25, 0.3) is 0 Å². The highest BCUT2D eigenvalue weighted by Crippen LogP contribution is 2.43. The normalized spacial score (nSPS) is 12.0. The van der Waals surface area contributed by atoms with E-state index < -0.39 is 0 Å². The molecule has 1 aliphatic carbocycles. The van der Waals surface area contributed by atoms with Crippen LogP contribution in [0.5, 0.6) is 0 Å². The summed E-state index contributed by atoms with van der Waals surface area (Å²) in [6.07, 6.45) is 0.465. The monoisotopic (exact) mass is 426 g/mol. The molecule has 32 heavy (non-hydrogen) atoms. The summed E-state index contributed by atoms with van der Waals surface area (Å²) in [5.41, 5.74) is 7.81. The summed E-state index contributed by atoms with van der Waals surface area (Å²) < 4.78 is 6.43. The topological polar surface area (TPSA) is 54.6 Å². The van der Waals surface area contributed by atoms with Crippen LogP contribution in [-0.4, -0.2) is 18.9 Å². The number of carbonyl (C=O) groups is 1. The molecule has 2 aromatic carbocycles. The van der Waals surface area contributed by atoms with Crippen molar-refractivity contribution in [1.82, 2.24) is 0 Å². The number of carbonyl (C=O) groups excluding carboxylic acids is 1. The lowest BCUT2D eigenvalue weighted by Crippen LogP contribution is -2.09. The third-order valence-electron chi connectivity index (χ3n) is 5.90. The van der Waals surface area contributed by atoms with Crippen LogP contribution >= 0.6 is 0 Å². The van der Waals surface area contributed by atoms with E-state index in [-0.39, 0.29) is 5.78 Å². The van der Waals surface area contributed by atoms with Gasteiger partial charge in [-0.1, -0.05) is 31.2 Å². The number of aryl methyl sites for hydroxylation is 2. The van der Waals surface area contributed by atoms with E-state index in [1.807, 2.05) is 44.2 Å². The number of Topliss-reactive ketones (excluding diaryl/α,β-unsaturated/α-hetero) is 1. The molecular weight excluding hydrogens is 396 g/mol. The van der Waals surface area contributed by atoms with E-state index in [9.17, 15) is 4.79 Å². The molecule has 4 heteroatoms. The van der Waals surface area contributed by atoms with Crippen molar-refractivity contribution < 1.29 is 9.21 Å². The Balaban J connectivity index is 2.18. The number of hydrogen-bond acceptors (Lipinski definition) is 4. The number of rotatable bonds is 6. The highest BCUT2D eigenvalue weighted by molar-refractivity contribution is 6.10. The molecule has 0 unspecified atom stereocenters. The average molecular weight is 427 g/mol. The Labute approximate surface area is 189 Å². The molecule has 1 heterocycles. The number of benzene rings is 3. The second-order valence-electron chi connectivity index (χ2n) is 8.10. The van der Waals surface area contributed by atoms with Crippen molar-refractivity contribution in [3.8, 4) is 22.5 Å². The number of hydrogen-bond donors (Lipinski definition) is 1. The molecule has 0 saturated heterocycles. The van der Waals surface area contributed by atoms with Gasteiger partial charge in [0.1, 0.15) is 11.3 Å². The Morgan fingerprint density at radius 1 is 0.969 bits per heavy atom. The van der Waals surface area contributed by atoms with Crippen LogP contribution in [0.15, 0.2) is 57.9 Å². The fourth-order valence-electron chi connectivity index (χ4n) is 4.34. The maximum absolute atomic E-state index is 12.8. The highest BCUT2D eigenvalue weighted by Gasteiger charge is 2.22. The van der Waals surface area contributed by atoms with Gasteiger partial charge in [0.2, 0.25) is 0 Å². The maximum Gasteiger partial charge on any atom is 0.163 e. The molecule has 0 radical (unpaired) electrons. The molecule has 1 aliphatic heterocycles. The zero-order chi connectivity index (χ0) is 22.8. The lowest BCUT2D eigenvalue weighted by atomic mass is 9.88. The SMILES string of the molecule is CC/N=c1\cc2oc3cc(NCC)c(C)cc3c(-c3ccccc3C(=O)CC)c-2cc1C. The van der Waals surface area contributed by atoms with E-state index in [4.69, 9.17) is 4.42 Å². The third-order valence-corrected chi connectivity index (χ3v) is 5.90. The van der Waals surface area contributed by atoms with Gasteiger partial charge in [-0.2, -0.15) is 0 Å². The van der Waals surface area contributed by atoms with Crippen LogP contribution in [-0.2, 0) is 0 Å². The average Bonchev–Trinajstić information content (AvgIpc) is 2.79. The van der Waals surface area contributed by atoms with Gasteiger partial charge in [0.15, 0.2) is 5.78 Å². The lowest BCUT2D eigenvalue weighted by molar-refractivity contribution is 0.0989. The number of ketones is 1. The van der Waals surface area contributed by atoms with Crippen molar-refractivity contribution in [3.63, 3.8) is 0 Å². The smallest absolute Gasteiger partial charge is 0.163 e. The fourth-order valence-corrected chi connectivity index (χ4v) is 4.34. The van der Waals surface area contributed by atoms with Crippen molar-refractivity contribution in [3.05, 3.63) is 70.6 Å². The van der Waals surface area contributed by atoms with Crippen LogP contribution in [0.25, 0.3) is 33.4 Å². The van der Waals surface area contributed by atoms with E-state index in [0.717, 1.165) is 67.7 Å². The van der Waals surface area contributed by atoms with Crippen molar-refractivity contribution in [1.29, 1.82) is 0 Å². The van der Waals surface area contributed by atoms with Gasteiger partial charge >= 0.3 is 0 Å². The van der Waals surface area contributed by atoms with Gasteiger partial charge in [0.05, 0.1) is 5.36 Å². The number of fused-ring (bicyclic) bond motifs is 2. The molecule has 2 aliphatic rings. The van der Waals surface area contributed by atoms with E-state index in [1.54, 1.807) is 0 Å². The van der Waals surface area contributed by atoms with Gasteiger partial charge in [-0.05, 0) is 56.5 Å². The van der Waals surface area contributed by atoms with Crippen molar-refractivity contribution in [2.24, 2.45) is 4.99 Å². The summed E-state index contributed by atoms with van der Waals surface area (Å²) in [5.74, 6) is 0.911. The lowest BCUT2D eigenvalue weighted by Gasteiger charge is -2.19. The Hall–Kier alpha value is -3.40. The summed E-state index contributed by atoms with van der Waals surface area (Å²) in [6.45, 7) is 11.7. The van der Waals surface area contributed by atoms with E-state index in [0.29, 0.717) is 13.0 Å². The van der Waals surface area contributed by atoms with E-state index in [2.05, 4.69) is 49.3 Å². The number of anilines is 1. The first-order valence-electron chi connectivity index (χ1n) is 11.4. The predicted octanol–water partition coefficient (Wildman–Crippen LogP) is 6.77. The van der Waals surface area contributed by atoms with Crippen LogP contribution in [0.4, 0.5) is 5.69 Å². The van der Waals surface area contributed by atoms with Gasteiger partial charge < -0.3 is 9.73 Å². The Morgan fingerprint density at radius 2 is 1.75 bits per heavy atom. The molecule has 0 saturated carbocycles. The first-order chi connectivity index (χ1) is 15.5. The molecule has 0 atom stereocenters. The zero-order valence-electron chi connectivity index (χ0n) is 19.5. The minimum Gasteiger partial charge on any atom is -0.456 e. The molecule has 0 spiro atoms. The van der Waals surface area contributed by atoms with Crippen LogP contribution in [0.2, 0.25) is 0 Å². The third kappa shape index (κ3) is 3.81. The minimum atomic E-state index is 0.137. The molecule has 0 amide bonds. The summed E-state index contributed by atoms with van der Waals surface area (Å²) >= 11 is 0. The summed E-state index contributed by atoms with van der Waals surface area (Å²) in [4.78, 5) is 17.5. The first-order valence-corrected chi connectivity index (χ1v) is 11.4. The Kier molecular flexibility index (Phi) is 6.13. The molecule has 2 aromatic rings. The molecular formula is C28H30N2O2. The maximum atomic E-state index is 12.8. The molecule has 4 rings (SSSR count). The number of nitrogens with one attached hydrogen (secondary N) is 1. The Morgan fingerprint density at radius 3 is 2.47 bits per heavy atom. The second kappa shape index (κ2) is 8.99. The molecule has 1 N–H and O–H groups in total. The predicted molar refractivity (Wildman–Crippen MR) is 133 cm³/mol. The highest BCUT2D eigenvalue weighted by atomic mass is 16.3. The summed E-state index contributed by atoms with van der Waals surface area (Å²) in [6, 6.07) is 16.3. The van der Waals surface area contributed by atoms with Crippen LogP contribution in [0.3, 0.4) is 0 Å². The van der Waals surface area contributed by atoms with Gasteiger partial charge in [-0.3, -0.25) is 9.79 Å². The minimum absolute atomic E-state index is 0.137. The Bertz CT molecular complexity index is 1350. The first kappa shape index (κ1) is 21.8. The number of nitrogens with zero attached hydrogens (tertiary/aromatic N) is 1. The summed E-state index contributed by atoms with van der Waals surface area (Å²) in [5, 5.41) is 5.37. The largest absolute Gasteiger partial charge is 0.456 e. The second-order valence-corrected chi connectivity index (χ2v) is 8.10.